The van der Waals surface area contributed by atoms with Crippen LogP contribution in [0.5, 0.6) is 0 Å². The molecular weight excluding hydrogens is 279 g/mol. The number of nitrogens with one attached hydrogen (secondary N) is 1. The molecule has 0 aromatic heterocycles. The number of hydrogen-bond acceptors (Lipinski definition) is 2. The van der Waals surface area contributed by atoms with E-state index in [9.17, 15) is 9.18 Å². The van der Waals surface area contributed by atoms with Crippen molar-refractivity contribution in [1.82, 2.24) is 5.43 Å². The molecule has 2 aromatic carbocycles. The van der Waals surface area contributed by atoms with E-state index in [2.05, 4.69) is 10.5 Å². The van der Waals surface area contributed by atoms with Gasteiger partial charge < -0.3 is 0 Å². The largest absolute Gasteiger partial charge is 0.273 e. The summed E-state index contributed by atoms with van der Waals surface area (Å²) in [5.41, 5.74) is 5.26. The SMILES string of the molecule is C/C(=N/NC(=O)[C@@H]1C[C@@H]1c1ccccc1)c1ccc(F)cc1. The van der Waals surface area contributed by atoms with Gasteiger partial charge in [0.15, 0.2) is 0 Å². The first kappa shape index (κ1) is 14.4. The van der Waals surface area contributed by atoms with Crippen LogP contribution < -0.4 is 5.43 Å². The summed E-state index contributed by atoms with van der Waals surface area (Å²) in [7, 11) is 0. The number of halogens is 1. The van der Waals surface area contributed by atoms with Crippen LogP contribution in [0.25, 0.3) is 0 Å². The average molecular weight is 296 g/mol. The van der Waals surface area contributed by atoms with Gasteiger partial charge in [-0.15, -0.1) is 0 Å². The Balaban J connectivity index is 1.59. The second-order valence-electron chi connectivity index (χ2n) is 5.54. The number of carbonyl (C=O) groups is 1. The zero-order chi connectivity index (χ0) is 15.5. The first-order chi connectivity index (χ1) is 10.6. The maximum Gasteiger partial charge on any atom is 0.243 e. The molecule has 3 rings (SSSR count). The third kappa shape index (κ3) is 3.22. The lowest BCUT2D eigenvalue weighted by atomic mass is 10.1. The maximum absolute atomic E-state index is 12.9. The number of rotatable bonds is 4. The van der Waals surface area contributed by atoms with Crippen LogP contribution in [-0.4, -0.2) is 11.6 Å². The summed E-state index contributed by atoms with van der Waals surface area (Å²) in [4.78, 5) is 12.1. The van der Waals surface area contributed by atoms with Crippen LogP contribution in [-0.2, 0) is 4.79 Å². The number of amides is 1. The van der Waals surface area contributed by atoms with Gasteiger partial charge in [-0.05, 0) is 42.5 Å². The van der Waals surface area contributed by atoms with Crippen LogP contribution in [0.1, 0.15) is 30.4 Å². The van der Waals surface area contributed by atoms with Crippen LogP contribution in [0.4, 0.5) is 4.39 Å². The average Bonchev–Trinajstić information content (AvgIpc) is 3.34. The predicted octanol–water partition coefficient (Wildman–Crippen LogP) is 3.47. The Morgan fingerprint density at radius 1 is 1.14 bits per heavy atom. The molecule has 0 saturated heterocycles. The molecular formula is C18H17FN2O. The summed E-state index contributed by atoms with van der Waals surface area (Å²) in [5, 5.41) is 4.11. The summed E-state index contributed by atoms with van der Waals surface area (Å²) < 4.78 is 12.9. The lowest BCUT2D eigenvalue weighted by molar-refractivity contribution is -0.122. The summed E-state index contributed by atoms with van der Waals surface area (Å²) in [6.45, 7) is 1.79. The van der Waals surface area contributed by atoms with Crippen molar-refractivity contribution in [1.29, 1.82) is 0 Å². The van der Waals surface area contributed by atoms with E-state index in [0.29, 0.717) is 11.6 Å². The van der Waals surface area contributed by atoms with Crippen LogP contribution in [0, 0.1) is 11.7 Å². The molecule has 1 aliphatic carbocycles. The summed E-state index contributed by atoms with van der Waals surface area (Å²) >= 11 is 0. The first-order valence-corrected chi connectivity index (χ1v) is 7.30. The van der Waals surface area contributed by atoms with E-state index in [4.69, 9.17) is 0 Å². The fourth-order valence-electron chi connectivity index (χ4n) is 2.53. The van der Waals surface area contributed by atoms with Gasteiger partial charge >= 0.3 is 0 Å². The molecule has 3 nitrogen and oxygen atoms in total. The fourth-order valence-corrected chi connectivity index (χ4v) is 2.53. The van der Waals surface area contributed by atoms with Gasteiger partial charge in [-0.2, -0.15) is 5.10 Å². The van der Waals surface area contributed by atoms with Gasteiger partial charge in [0, 0.05) is 5.92 Å². The highest BCUT2D eigenvalue weighted by atomic mass is 19.1. The number of hydrazone groups is 1. The zero-order valence-corrected chi connectivity index (χ0v) is 12.3. The van der Waals surface area contributed by atoms with Crippen LogP contribution >= 0.6 is 0 Å². The smallest absolute Gasteiger partial charge is 0.243 e. The third-order valence-corrected chi connectivity index (χ3v) is 3.95. The molecule has 0 spiro atoms. The molecule has 1 fully saturated rings. The molecule has 0 aliphatic heterocycles. The lowest BCUT2D eigenvalue weighted by Gasteiger charge is -2.03. The third-order valence-electron chi connectivity index (χ3n) is 3.95. The second kappa shape index (κ2) is 6.10. The van der Waals surface area contributed by atoms with Crippen LogP contribution in [0.3, 0.4) is 0 Å². The van der Waals surface area contributed by atoms with Gasteiger partial charge in [-0.25, -0.2) is 9.82 Å². The fraction of sp³-hybridized carbons (Fsp3) is 0.222. The van der Waals surface area contributed by atoms with Gasteiger partial charge in [-0.1, -0.05) is 42.5 Å². The molecule has 112 valence electrons. The highest BCUT2D eigenvalue weighted by molar-refractivity contribution is 5.99. The number of hydrogen-bond donors (Lipinski definition) is 1. The molecule has 2 atom stereocenters. The summed E-state index contributed by atoms with van der Waals surface area (Å²) in [6.07, 6.45) is 0.862. The monoisotopic (exact) mass is 296 g/mol. The Bertz CT molecular complexity index is 695. The minimum Gasteiger partial charge on any atom is -0.273 e. The van der Waals surface area contributed by atoms with E-state index in [0.717, 1.165) is 12.0 Å². The molecule has 2 aromatic rings. The number of benzene rings is 2. The molecule has 1 aliphatic rings. The summed E-state index contributed by atoms with van der Waals surface area (Å²) in [6, 6.07) is 16.1. The molecule has 0 bridgehead atoms. The van der Waals surface area contributed by atoms with E-state index in [1.54, 1.807) is 19.1 Å². The van der Waals surface area contributed by atoms with Crippen molar-refractivity contribution in [3.63, 3.8) is 0 Å². The second-order valence-corrected chi connectivity index (χ2v) is 5.54. The molecule has 4 heteroatoms. The maximum atomic E-state index is 12.9. The van der Waals surface area contributed by atoms with Crippen molar-refractivity contribution in [3.05, 3.63) is 71.5 Å². The minimum absolute atomic E-state index is 0.00725. The standard InChI is InChI=1S/C18H17FN2O/c1-12(13-7-9-15(19)10-8-13)20-21-18(22)17-11-16(17)14-5-3-2-4-6-14/h2-10,16-17H,11H2,1H3,(H,21,22)/b20-12-/t16-,17-/m1/s1. The zero-order valence-electron chi connectivity index (χ0n) is 12.3. The van der Waals surface area contributed by atoms with Crippen LogP contribution in [0.2, 0.25) is 0 Å². The topological polar surface area (TPSA) is 41.5 Å². The van der Waals surface area contributed by atoms with E-state index in [1.165, 1.54) is 17.7 Å². The van der Waals surface area contributed by atoms with Crippen molar-refractivity contribution < 1.29 is 9.18 Å². The van der Waals surface area contributed by atoms with E-state index >= 15 is 0 Å². The van der Waals surface area contributed by atoms with Crippen molar-refractivity contribution in [3.8, 4) is 0 Å². The van der Waals surface area contributed by atoms with Crippen molar-refractivity contribution in [2.24, 2.45) is 11.0 Å². The molecule has 1 N–H and O–H groups in total. The van der Waals surface area contributed by atoms with Crippen molar-refractivity contribution in [2.75, 3.05) is 0 Å². The van der Waals surface area contributed by atoms with Gasteiger partial charge in [0.05, 0.1) is 5.71 Å². The molecule has 0 unspecified atom stereocenters. The molecule has 0 heterocycles. The Kier molecular flexibility index (Phi) is 4.00. The van der Waals surface area contributed by atoms with E-state index in [1.807, 2.05) is 30.3 Å². The van der Waals surface area contributed by atoms with E-state index < -0.39 is 0 Å². The van der Waals surface area contributed by atoms with Crippen molar-refractivity contribution >= 4 is 11.6 Å². The summed E-state index contributed by atoms with van der Waals surface area (Å²) in [5.74, 6) is -0.0609. The van der Waals surface area contributed by atoms with Gasteiger partial charge in [0.25, 0.3) is 0 Å². The molecule has 22 heavy (non-hydrogen) atoms. The highest BCUT2D eigenvalue weighted by Gasteiger charge is 2.43. The van der Waals surface area contributed by atoms with Crippen LogP contribution in [0.15, 0.2) is 59.7 Å². The van der Waals surface area contributed by atoms with Crippen molar-refractivity contribution in [2.45, 2.75) is 19.3 Å². The van der Waals surface area contributed by atoms with Gasteiger partial charge in [0.1, 0.15) is 5.82 Å². The van der Waals surface area contributed by atoms with Gasteiger partial charge in [-0.3, -0.25) is 4.79 Å². The Morgan fingerprint density at radius 3 is 2.50 bits per heavy atom. The molecule has 0 radical (unpaired) electrons. The van der Waals surface area contributed by atoms with E-state index in [-0.39, 0.29) is 17.6 Å². The normalized spacial score (nSPS) is 20.5. The Labute approximate surface area is 128 Å². The predicted molar refractivity (Wildman–Crippen MR) is 84.0 cm³/mol. The Morgan fingerprint density at radius 2 is 1.82 bits per heavy atom. The minimum atomic E-state index is -0.288. The lowest BCUT2D eigenvalue weighted by Crippen LogP contribution is -2.21. The molecule has 1 amide bonds. The van der Waals surface area contributed by atoms with Gasteiger partial charge in [0.2, 0.25) is 5.91 Å². The Hall–Kier alpha value is -2.49. The highest BCUT2D eigenvalue weighted by Crippen LogP contribution is 2.47. The molecule has 1 saturated carbocycles. The quantitative estimate of drug-likeness (QED) is 0.681. The number of nitrogens with zero attached hydrogens (tertiary/aromatic N) is 1. The first-order valence-electron chi connectivity index (χ1n) is 7.30. The number of carbonyl (C=O) groups excluding carboxylic acids is 1.